The maximum atomic E-state index is 11.6. The molecule has 0 unspecified atom stereocenters. The molecule has 0 spiro atoms. The number of carbonyl (C=O) groups excluding carboxylic acids is 1. The molecule has 1 aromatic heterocycles. The van der Waals surface area contributed by atoms with E-state index in [2.05, 4.69) is 44.7 Å². The van der Waals surface area contributed by atoms with Gasteiger partial charge in [0.2, 0.25) is 0 Å². The van der Waals surface area contributed by atoms with Crippen LogP contribution in [0.1, 0.15) is 19.4 Å². The van der Waals surface area contributed by atoms with Gasteiger partial charge < -0.3 is 10.6 Å². The topological polar surface area (TPSA) is 114 Å². The highest BCUT2D eigenvalue weighted by Crippen LogP contribution is 2.13. The van der Waals surface area contributed by atoms with Crippen LogP contribution >= 0.6 is 0 Å². The molecule has 9 heteroatoms. The molecule has 0 atom stereocenters. The first-order chi connectivity index (χ1) is 11.1. The number of tetrazole rings is 1. The SMILES string of the molecule is CCN(CC)c1ccc(/C=N/NC(=O)Cn2nnc(N)n2)cc1. The fourth-order valence-corrected chi connectivity index (χ4v) is 2.03. The molecule has 0 fully saturated rings. The highest BCUT2D eigenvalue weighted by atomic mass is 16.2. The first-order valence-electron chi connectivity index (χ1n) is 7.32. The molecule has 2 aromatic rings. The van der Waals surface area contributed by atoms with E-state index in [-0.39, 0.29) is 18.4 Å². The van der Waals surface area contributed by atoms with Crippen LogP contribution in [0.15, 0.2) is 29.4 Å². The lowest BCUT2D eigenvalue weighted by Crippen LogP contribution is -2.24. The molecule has 23 heavy (non-hydrogen) atoms. The Kier molecular flexibility index (Phi) is 5.61. The van der Waals surface area contributed by atoms with Gasteiger partial charge >= 0.3 is 0 Å². The Labute approximate surface area is 134 Å². The normalized spacial score (nSPS) is 10.9. The molecule has 9 nitrogen and oxygen atoms in total. The summed E-state index contributed by atoms with van der Waals surface area (Å²) in [6, 6.07) is 7.95. The smallest absolute Gasteiger partial charge is 0.263 e. The van der Waals surface area contributed by atoms with Crippen LogP contribution in [0.4, 0.5) is 11.6 Å². The standard InChI is InChI=1S/C14H20N8O/c1-3-21(4-2)12-7-5-11(6-8-12)9-16-17-13(23)10-22-19-14(15)18-20-22/h5-9H,3-4,10H2,1-2H3,(H2,15,19)(H,17,23)/b16-9+. The van der Waals surface area contributed by atoms with Crippen LogP contribution in [0.2, 0.25) is 0 Å². The van der Waals surface area contributed by atoms with Gasteiger partial charge in [-0.25, -0.2) is 5.43 Å². The summed E-state index contributed by atoms with van der Waals surface area (Å²) in [5.41, 5.74) is 9.76. The molecule has 0 aliphatic carbocycles. The van der Waals surface area contributed by atoms with Crippen LogP contribution in [0.5, 0.6) is 0 Å². The number of hydrogen-bond donors (Lipinski definition) is 2. The summed E-state index contributed by atoms with van der Waals surface area (Å²) < 4.78 is 0. The third-order valence-corrected chi connectivity index (χ3v) is 3.18. The van der Waals surface area contributed by atoms with E-state index in [1.807, 2.05) is 24.3 Å². The third kappa shape index (κ3) is 4.77. The number of carbonyl (C=O) groups is 1. The van der Waals surface area contributed by atoms with Gasteiger partial charge in [-0.05, 0) is 36.8 Å². The second-order valence-corrected chi connectivity index (χ2v) is 4.74. The molecular formula is C14H20N8O. The first-order valence-corrected chi connectivity index (χ1v) is 7.32. The molecule has 2 rings (SSSR count). The van der Waals surface area contributed by atoms with Crippen molar-refractivity contribution < 1.29 is 4.79 Å². The molecule has 0 saturated carbocycles. The van der Waals surface area contributed by atoms with E-state index in [9.17, 15) is 4.79 Å². The van der Waals surface area contributed by atoms with Crippen LogP contribution in [0.3, 0.4) is 0 Å². The van der Waals surface area contributed by atoms with E-state index in [1.54, 1.807) is 6.21 Å². The Balaban J connectivity index is 1.86. The number of amides is 1. The van der Waals surface area contributed by atoms with Crippen molar-refractivity contribution in [2.24, 2.45) is 5.10 Å². The largest absolute Gasteiger partial charge is 0.372 e. The highest BCUT2D eigenvalue weighted by molar-refractivity contribution is 5.82. The molecule has 1 heterocycles. The van der Waals surface area contributed by atoms with Crippen LogP contribution in [0, 0.1) is 0 Å². The number of benzene rings is 1. The van der Waals surface area contributed by atoms with E-state index >= 15 is 0 Å². The van der Waals surface area contributed by atoms with Gasteiger partial charge in [-0.15, -0.1) is 5.10 Å². The molecule has 122 valence electrons. The van der Waals surface area contributed by atoms with Gasteiger partial charge in [-0.1, -0.05) is 17.2 Å². The van der Waals surface area contributed by atoms with Crippen molar-refractivity contribution in [1.82, 2.24) is 25.6 Å². The number of rotatable bonds is 7. The number of anilines is 2. The predicted octanol–water partition coefficient (Wildman–Crippen LogP) is 0.252. The predicted molar refractivity (Wildman–Crippen MR) is 88.0 cm³/mol. The summed E-state index contributed by atoms with van der Waals surface area (Å²) in [6.45, 7) is 6.06. The second-order valence-electron chi connectivity index (χ2n) is 4.74. The summed E-state index contributed by atoms with van der Waals surface area (Å²) in [6.07, 6.45) is 1.58. The van der Waals surface area contributed by atoms with Crippen molar-refractivity contribution in [2.45, 2.75) is 20.4 Å². The molecule has 0 aliphatic heterocycles. The Morgan fingerprint density at radius 2 is 2.04 bits per heavy atom. The zero-order valence-corrected chi connectivity index (χ0v) is 13.2. The summed E-state index contributed by atoms with van der Waals surface area (Å²) in [5.74, 6) is -0.340. The van der Waals surface area contributed by atoms with Crippen molar-refractivity contribution in [2.75, 3.05) is 23.7 Å². The van der Waals surface area contributed by atoms with Gasteiger partial charge in [0.15, 0.2) is 0 Å². The number of nitrogen functional groups attached to an aromatic ring is 1. The quantitative estimate of drug-likeness (QED) is 0.559. The van der Waals surface area contributed by atoms with E-state index in [4.69, 9.17) is 5.73 Å². The summed E-state index contributed by atoms with van der Waals surface area (Å²) in [4.78, 5) is 15.0. The Morgan fingerprint density at radius 3 is 2.61 bits per heavy atom. The molecule has 0 aliphatic rings. The first kappa shape index (κ1) is 16.4. The fourth-order valence-electron chi connectivity index (χ4n) is 2.03. The maximum Gasteiger partial charge on any atom is 0.263 e. The van der Waals surface area contributed by atoms with Gasteiger partial charge in [0, 0.05) is 18.8 Å². The van der Waals surface area contributed by atoms with Gasteiger partial charge in [-0.2, -0.15) is 9.90 Å². The number of hydrogen-bond acceptors (Lipinski definition) is 7. The number of nitrogens with two attached hydrogens (primary N) is 1. The Bertz CT molecular complexity index is 660. The lowest BCUT2D eigenvalue weighted by atomic mass is 10.2. The number of nitrogens with one attached hydrogen (secondary N) is 1. The third-order valence-electron chi connectivity index (χ3n) is 3.18. The maximum absolute atomic E-state index is 11.6. The van der Waals surface area contributed by atoms with E-state index < -0.39 is 0 Å². The minimum atomic E-state index is -0.363. The summed E-state index contributed by atoms with van der Waals surface area (Å²) in [7, 11) is 0. The molecule has 0 bridgehead atoms. The summed E-state index contributed by atoms with van der Waals surface area (Å²) >= 11 is 0. The van der Waals surface area contributed by atoms with Crippen LogP contribution < -0.4 is 16.1 Å². The van der Waals surface area contributed by atoms with Gasteiger partial charge in [-0.3, -0.25) is 4.79 Å². The average Bonchev–Trinajstić information content (AvgIpc) is 2.95. The van der Waals surface area contributed by atoms with Crippen molar-refractivity contribution in [1.29, 1.82) is 0 Å². The van der Waals surface area contributed by atoms with Gasteiger partial charge in [0.25, 0.3) is 11.9 Å². The number of nitrogens with zero attached hydrogens (tertiary/aromatic N) is 6. The van der Waals surface area contributed by atoms with Crippen LogP contribution in [0.25, 0.3) is 0 Å². The molecule has 0 saturated heterocycles. The summed E-state index contributed by atoms with van der Waals surface area (Å²) in [5, 5.41) is 14.7. The molecule has 0 radical (unpaired) electrons. The van der Waals surface area contributed by atoms with Gasteiger partial charge in [0.1, 0.15) is 6.54 Å². The van der Waals surface area contributed by atoms with E-state index in [0.717, 1.165) is 29.1 Å². The second kappa shape index (κ2) is 7.87. The minimum absolute atomic E-state index is 0.0228. The van der Waals surface area contributed by atoms with Gasteiger partial charge in [0.05, 0.1) is 6.21 Å². The van der Waals surface area contributed by atoms with Crippen LogP contribution in [-0.2, 0) is 11.3 Å². The number of aromatic nitrogens is 4. The van der Waals surface area contributed by atoms with E-state index in [0.29, 0.717) is 0 Å². The highest BCUT2D eigenvalue weighted by Gasteiger charge is 2.04. The monoisotopic (exact) mass is 316 g/mol. The minimum Gasteiger partial charge on any atom is -0.372 e. The molecule has 3 N–H and O–H groups in total. The van der Waals surface area contributed by atoms with Crippen molar-refractivity contribution in [3.63, 3.8) is 0 Å². The lowest BCUT2D eigenvalue weighted by molar-refractivity contribution is -0.122. The fraction of sp³-hybridized carbons (Fsp3) is 0.357. The molecule has 1 aromatic carbocycles. The number of hydrazone groups is 1. The lowest BCUT2D eigenvalue weighted by Gasteiger charge is -2.20. The zero-order valence-electron chi connectivity index (χ0n) is 13.2. The molecule has 1 amide bonds. The Hall–Kier alpha value is -2.97. The van der Waals surface area contributed by atoms with Crippen molar-refractivity contribution in [3.8, 4) is 0 Å². The Morgan fingerprint density at radius 1 is 1.35 bits per heavy atom. The average molecular weight is 316 g/mol. The van der Waals surface area contributed by atoms with Crippen LogP contribution in [-0.4, -0.2) is 45.4 Å². The van der Waals surface area contributed by atoms with Crippen molar-refractivity contribution >= 4 is 23.8 Å². The van der Waals surface area contributed by atoms with E-state index in [1.165, 1.54) is 0 Å². The van der Waals surface area contributed by atoms with Crippen molar-refractivity contribution in [3.05, 3.63) is 29.8 Å². The molecular weight excluding hydrogens is 296 g/mol. The zero-order chi connectivity index (χ0) is 16.7.